The summed E-state index contributed by atoms with van der Waals surface area (Å²) < 4.78 is 3.13. The summed E-state index contributed by atoms with van der Waals surface area (Å²) in [6.07, 6.45) is 6.67. The Bertz CT molecular complexity index is 646. The largest absolute Gasteiger partial charge is 0.375 e. The third-order valence-electron chi connectivity index (χ3n) is 2.64. The first-order chi connectivity index (χ1) is 9.13. The highest BCUT2D eigenvalue weighted by Gasteiger charge is 2.09. The van der Waals surface area contributed by atoms with Crippen molar-refractivity contribution < 1.29 is 0 Å². The molecule has 0 aromatic carbocycles. The number of hydrogen-bond donors (Lipinski definition) is 1. The van der Waals surface area contributed by atoms with E-state index in [0.29, 0.717) is 18.8 Å². The maximum Gasteiger partial charge on any atom is 0.287 e. The van der Waals surface area contributed by atoms with Crippen LogP contribution in [0.1, 0.15) is 5.82 Å². The summed E-state index contributed by atoms with van der Waals surface area (Å²) >= 11 is 6.02. The summed E-state index contributed by atoms with van der Waals surface area (Å²) in [5.41, 5.74) is 0.154. The zero-order chi connectivity index (χ0) is 13.8. The molecule has 100 valence electrons. The van der Waals surface area contributed by atoms with Crippen LogP contribution < -0.4 is 10.9 Å². The Morgan fingerprint density at radius 2 is 2.37 bits per heavy atom. The van der Waals surface area contributed by atoms with Gasteiger partial charge in [-0.15, -0.1) is 6.58 Å². The highest BCUT2D eigenvalue weighted by molar-refractivity contribution is 6.32. The van der Waals surface area contributed by atoms with Gasteiger partial charge in [-0.1, -0.05) is 17.7 Å². The van der Waals surface area contributed by atoms with E-state index in [1.807, 2.05) is 17.8 Å². The van der Waals surface area contributed by atoms with E-state index in [2.05, 4.69) is 22.0 Å². The fourth-order valence-electron chi connectivity index (χ4n) is 1.58. The van der Waals surface area contributed by atoms with Crippen molar-refractivity contribution in [2.45, 2.75) is 13.1 Å². The van der Waals surface area contributed by atoms with Crippen molar-refractivity contribution in [3.05, 3.63) is 52.4 Å². The predicted octanol–water partition coefficient (Wildman–Crippen LogP) is 1.43. The van der Waals surface area contributed by atoms with E-state index in [0.717, 1.165) is 5.82 Å². The molecular weight excluding hydrogens is 266 g/mol. The smallest absolute Gasteiger partial charge is 0.287 e. The third kappa shape index (κ3) is 2.85. The van der Waals surface area contributed by atoms with Crippen LogP contribution in [0.3, 0.4) is 0 Å². The number of imidazole rings is 1. The first kappa shape index (κ1) is 13.4. The highest BCUT2D eigenvalue weighted by atomic mass is 35.5. The number of hydrogen-bond acceptors (Lipinski definition) is 4. The Morgan fingerprint density at radius 3 is 3.00 bits per heavy atom. The number of aromatic nitrogens is 4. The van der Waals surface area contributed by atoms with E-state index in [1.54, 1.807) is 12.3 Å². The fraction of sp³-hybridized carbons (Fsp3) is 0.250. The number of anilines is 1. The molecule has 0 saturated carbocycles. The molecule has 0 unspecified atom stereocenters. The molecule has 0 radical (unpaired) electrons. The van der Waals surface area contributed by atoms with Crippen LogP contribution in [-0.2, 0) is 20.1 Å². The molecule has 7 heteroatoms. The first-order valence-electron chi connectivity index (χ1n) is 5.70. The average Bonchev–Trinajstić information content (AvgIpc) is 2.80. The topological polar surface area (TPSA) is 64.7 Å². The molecule has 2 heterocycles. The maximum absolute atomic E-state index is 11.9. The molecule has 0 atom stereocenters. The van der Waals surface area contributed by atoms with Crippen LogP contribution >= 0.6 is 11.6 Å². The van der Waals surface area contributed by atoms with Crippen LogP contribution in [0.25, 0.3) is 0 Å². The first-order valence-corrected chi connectivity index (χ1v) is 6.08. The van der Waals surface area contributed by atoms with Crippen LogP contribution in [-0.4, -0.2) is 19.3 Å². The van der Waals surface area contributed by atoms with Crippen LogP contribution in [0, 0.1) is 0 Å². The minimum atomic E-state index is -0.341. The van der Waals surface area contributed by atoms with Crippen LogP contribution in [0.15, 0.2) is 36.0 Å². The summed E-state index contributed by atoms with van der Waals surface area (Å²) in [6, 6.07) is 0. The Kier molecular flexibility index (Phi) is 4.01. The Labute approximate surface area is 115 Å². The summed E-state index contributed by atoms with van der Waals surface area (Å²) in [5, 5.41) is 7.18. The van der Waals surface area contributed by atoms with Gasteiger partial charge in [0.2, 0.25) is 0 Å². The highest BCUT2D eigenvalue weighted by Crippen LogP contribution is 2.15. The van der Waals surface area contributed by atoms with Gasteiger partial charge in [-0.3, -0.25) is 4.79 Å². The molecule has 6 nitrogen and oxygen atoms in total. The maximum atomic E-state index is 11.9. The van der Waals surface area contributed by atoms with E-state index in [1.165, 1.54) is 10.9 Å². The van der Waals surface area contributed by atoms with Gasteiger partial charge in [0.05, 0.1) is 25.0 Å². The third-order valence-corrected chi connectivity index (χ3v) is 3.01. The van der Waals surface area contributed by atoms with Gasteiger partial charge < -0.3 is 9.88 Å². The van der Waals surface area contributed by atoms with Gasteiger partial charge >= 0.3 is 0 Å². The van der Waals surface area contributed by atoms with Gasteiger partial charge in [0.25, 0.3) is 5.56 Å². The lowest BCUT2D eigenvalue weighted by atomic mass is 10.4. The molecule has 0 saturated heterocycles. The molecule has 19 heavy (non-hydrogen) atoms. The fourth-order valence-corrected chi connectivity index (χ4v) is 1.79. The van der Waals surface area contributed by atoms with Gasteiger partial charge in [-0.2, -0.15) is 5.10 Å². The van der Waals surface area contributed by atoms with Crippen molar-refractivity contribution in [2.24, 2.45) is 7.05 Å². The van der Waals surface area contributed by atoms with E-state index >= 15 is 0 Å². The van der Waals surface area contributed by atoms with Crippen molar-refractivity contribution in [3.63, 3.8) is 0 Å². The normalized spacial score (nSPS) is 10.4. The standard InChI is InChI=1S/C12H14ClN5O/c1-3-5-18-12(19)11(13)9(7-16-18)15-8-10-14-4-6-17(10)2/h3-4,6-7,15H,1,5,8H2,2H3. The van der Waals surface area contributed by atoms with E-state index in [4.69, 9.17) is 11.6 Å². The van der Waals surface area contributed by atoms with Gasteiger partial charge in [0.1, 0.15) is 10.8 Å². The number of nitrogens with zero attached hydrogens (tertiary/aromatic N) is 4. The van der Waals surface area contributed by atoms with Crippen LogP contribution in [0.4, 0.5) is 5.69 Å². The monoisotopic (exact) mass is 279 g/mol. The number of halogens is 1. The zero-order valence-electron chi connectivity index (χ0n) is 10.5. The molecule has 0 aliphatic carbocycles. The molecule has 2 aromatic heterocycles. The Hall–Kier alpha value is -2.08. The lowest BCUT2D eigenvalue weighted by molar-refractivity contribution is 0.652. The number of rotatable bonds is 5. The minimum absolute atomic E-state index is 0.117. The predicted molar refractivity (Wildman–Crippen MR) is 74.2 cm³/mol. The quantitative estimate of drug-likeness (QED) is 0.841. The second kappa shape index (κ2) is 5.71. The van der Waals surface area contributed by atoms with Crippen molar-refractivity contribution in [2.75, 3.05) is 5.32 Å². The van der Waals surface area contributed by atoms with E-state index in [-0.39, 0.29) is 10.6 Å². The molecule has 0 aliphatic heterocycles. The average molecular weight is 280 g/mol. The molecule has 0 spiro atoms. The van der Waals surface area contributed by atoms with Gasteiger partial charge in [-0.25, -0.2) is 9.67 Å². The minimum Gasteiger partial charge on any atom is -0.375 e. The second-order valence-corrected chi connectivity index (χ2v) is 4.33. The summed E-state index contributed by atoms with van der Waals surface area (Å²) in [7, 11) is 1.89. The Balaban J connectivity index is 2.18. The van der Waals surface area contributed by atoms with Crippen molar-refractivity contribution >= 4 is 17.3 Å². The molecule has 2 aromatic rings. The Morgan fingerprint density at radius 1 is 1.58 bits per heavy atom. The number of aryl methyl sites for hydroxylation is 1. The van der Waals surface area contributed by atoms with Crippen molar-refractivity contribution in [1.29, 1.82) is 0 Å². The molecule has 0 amide bonds. The molecule has 0 bridgehead atoms. The van der Waals surface area contributed by atoms with Crippen LogP contribution in [0.5, 0.6) is 0 Å². The number of nitrogens with one attached hydrogen (secondary N) is 1. The lowest BCUT2D eigenvalue weighted by Crippen LogP contribution is -2.23. The van der Waals surface area contributed by atoms with Crippen LogP contribution in [0.2, 0.25) is 5.02 Å². The van der Waals surface area contributed by atoms with Gasteiger partial charge in [0.15, 0.2) is 0 Å². The molecule has 0 fully saturated rings. The summed E-state index contributed by atoms with van der Waals surface area (Å²) in [5.74, 6) is 0.839. The van der Waals surface area contributed by atoms with Gasteiger partial charge in [-0.05, 0) is 0 Å². The molecule has 0 aliphatic rings. The molecule has 1 N–H and O–H groups in total. The lowest BCUT2D eigenvalue weighted by Gasteiger charge is -2.09. The molecule has 2 rings (SSSR count). The SMILES string of the molecule is C=CCn1ncc(NCc2nccn2C)c(Cl)c1=O. The number of allylic oxidation sites excluding steroid dienone is 1. The zero-order valence-corrected chi connectivity index (χ0v) is 11.3. The summed E-state index contributed by atoms with van der Waals surface area (Å²) in [4.78, 5) is 16.0. The van der Waals surface area contributed by atoms with E-state index in [9.17, 15) is 4.79 Å². The van der Waals surface area contributed by atoms with E-state index < -0.39 is 0 Å². The van der Waals surface area contributed by atoms with Gasteiger partial charge in [0, 0.05) is 19.4 Å². The van der Waals surface area contributed by atoms with Crippen molar-refractivity contribution in [3.8, 4) is 0 Å². The molecular formula is C12H14ClN5O. The second-order valence-electron chi connectivity index (χ2n) is 3.96. The summed E-state index contributed by atoms with van der Waals surface area (Å²) in [6.45, 7) is 4.36. The van der Waals surface area contributed by atoms with Crippen molar-refractivity contribution in [1.82, 2.24) is 19.3 Å².